The Labute approximate surface area is 123 Å². The second-order valence-corrected chi connectivity index (χ2v) is 5.26. The summed E-state index contributed by atoms with van der Waals surface area (Å²) < 4.78 is 0. The molecule has 1 aliphatic rings. The number of rotatable bonds is 3. The van der Waals surface area contributed by atoms with Crippen LogP contribution in [0.4, 0.5) is 11.5 Å². The van der Waals surface area contributed by atoms with E-state index in [2.05, 4.69) is 32.2 Å². The maximum absolute atomic E-state index is 11.5. The molecule has 8 heteroatoms. The fourth-order valence-electron chi connectivity index (χ4n) is 2.33. The number of piperazine rings is 1. The lowest BCUT2D eigenvalue weighted by Crippen LogP contribution is -2.54. The van der Waals surface area contributed by atoms with Crippen molar-refractivity contribution in [3.05, 3.63) is 11.2 Å². The van der Waals surface area contributed by atoms with Gasteiger partial charge in [0.05, 0.1) is 12.2 Å². The highest BCUT2D eigenvalue weighted by atomic mass is 35.5. The minimum Gasteiger partial charge on any atom is -0.380 e. The normalized spacial score (nSPS) is 19.9. The summed E-state index contributed by atoms with van der Waals surface area (Å²) in [6.45, 7) is 4.82. The third-order valence-electron chi connectivity index (χ3n) is 3.50. The van der Waals surface area contributed by atoms with Crippen LogP contribution in [0.5, 0.6) is 0 Å². The van der Waals surface area contributed by atoms with Crippen LogP contribution in [0.1, 0.15) is 6.92 Å². The van der Waals surface area contributed by atoms with Gasteiger partial charge in [-0.25, -0.2) is 0 Å². The molecule has 1 aromatic rings. The zero-order valence-electron chi connectivity index (χ0n) is 11.6. The van der Waals surface area contributed by atoms with Gasteiger partial charge < -0.3 is 16.0 Å². The van der Waals surface area contributed by atoms with Crippen molar-refractivity contribution in [3.63, 3.8) is 0 Å². The summed E-state index contributed by atoms with van der Waals surface area (Å²) in [5.41, 5.74) is 6.65. The van der Waals surface area contributed by atoms with Crippen molar-refractivity contribution in [1.29, 1.82) is 0 Å². The molecule has 1 saturated heterocycles. The quantitative estimate of drug-likeness (QED) is 0.815. The third kappa shape index (κ3) is 3.29. The molecule has 20 heavy (non-hydrogen) atoms. The minimum absolute atomic E-state index is 0.0263. The maximum atomic E-state index is 11.5. The monoisotopic (exact) mass is 298 g/mol. The van der Waals surface area contributed by atoms with E-state index in [1.165, 1.54) is 0 Å². The van der Waals surface area contributed by atoms with Gasteiger partial charge in [0.15, 0.2) is 11.0 Å². The number of halogens is 1. The van der Waals surface area contributed by atoms with Crippen molar-refractivity contribution < 1.29 is 4.79 Å². The number of aromatic nitrogens is 2. The van der Waals surface area contributed by atoms with Crippen LogP contribution in [0.15, 0.2) is 6.07 Å². The van der Waals surface area contributed by atoms with Gasteiger partial charge in [-0.1, -0.05) is 11.6 Å². The minimum atomic E-state index is 0.0263. The molecule has 1 atom stereocenters. The lowest BCUT2D eigenvalue weighted by Gasteiger charge is -2.40. The Morgan fingerprint density at radius 1 is 1.55 bits per heavy atom. The molecule has 0 saturated carbocycles. The van der Waals surface area contributed by atoms with Crippen LogP contribution in [0, 0.1) is 0 Å². The number of hydrogen-bond donors (Lipinski definition) is 2. The number of amides is 1. The Morgan fingerprint density at radius 2 is 2.30 bits per heavy atom. The van der Waals surface area contributed by atoms with Gasteiger partial charge in [-0.05, 0) is 6.92 Å². The highest BCUT2D eigenvalue weighted by molar-refractivity contribution is 6.29. The van der Waals surface area contributed by atoms with Crippen molar-refractivity contribution in [2.45, 2.75) is 13.0 Å². The predicted octanol–water partition coefficient (Wildman–Crippen LogP) is -0.0313. The number of anilines is 2. The molecule has 1 unspecified atom stereocenters. The van der Waals surface area contributed by atoms with E-state index in [1.807, 2.05) is 0 Å². The van der Waals surface area contributed by atoms with Crippen molar-refractivity contribution >= 4 is 29.0 Å². The van der Waals surface area contributed by atoms with E-state index >= 15 is 0 Å². The molecule has 2 rings (SSSR count). The van der Waals surface area contributed by atoms with Crippen LogP contribution in [-0.4, -0.2) is 60.3 Å². The number of hydrogen-bond acceptors (Lipinski definition) is 6. The Balaban J connectivity index is 2.05. The van der Waals surface area contributed by atoms with Crippen molar-refractivity contribution in [2.24, 2.45) is 0 Å². The van der Waals surface area contributed by atoms with E-state index in [4.69, 9.17) is 17.3 Å². The lowest BCUT2D eigenvalue weighted by molar-refractivity contribution is -0.122. The smallest absolute Gasteiger partial charge is 0.233 e. The number of nitrogen functional groups attached to an aromatic ring is 1. The van der Waals surface area contributed by atoms with E-state index in [0.717, 1.165) is 25.3 Å². The van der Waals surface area contributed by atoms with E-state index in [-0.39, 0.29) is 11.9 Å². The van der Waals surface area contributed by atoms with Gasteiger partial charge in [0.25, 0.3) is 0 Å². The molecule has 0 bridgehead atoms. The molecule has 2 heterocycles. The number of carbonyl (C=O) groups excluding carboxylic acids is 1. The van der Waals surface area contributed by atoms with E-state index in [1.54, 1.807) is 13.1 Å². The van der Waals surface area contributed by atoms with Gasteiger partial charge >= 0.3 is 0 Å². The number of carbonyl (C=O) groups is 1. The number of nitrogens with one attached hydrogen (secondary N) is 1. The second-order valence-electron chi connectivity index (χ2n) is 4.88. The average molecular weight is 299 g/mol. The molecule has 1 amide bonds. The fourth-order valence-corrected chi connectivity index (χ4v) is 2.48. The lowest BCUT2D eigenvalue weighted by atomic mass is 10.1. The molecule has 110 valence electrons. The zero-order chi connectivity index (χ0) is 14.7. The average Bonchev–Trinajstić information content (AvgIpc) is 2.43. The van der Waals surface area contributed by atoms with Gasteiger partial charge in [0.1, 0.15) is 0 Å². The highest BCUT2D eigenvalue weighted by Crippen LogP contribution is 2.25. The van der Waals surface area contributed by atoms with Crippen LogP contribution < -0.4 is 16.0 Å². The molecular formula is C12H19ClN6O. The van der Waals surface area contributed by atoms with E-state index in [0.29, 0.717) is 17.5 Å². The van der Waals surface area contributed by atoms with Gasteiger partial charge in [0.2, 0.25) is 5.91 Å². The van der Waals surface area contributed by atoms with Gasteiger partial charge in [-0.3, -0.25) is 9.69 Å². The van der Waals surface area contributed by atoms with Gasteiger partial charge in [0, 0.05) is 38.8 Å². The van der Waals surface area contributed by atoms with E-state index < -0.39 is 0 Å². The molecule has 0 spiro atoms. The largest absolute Gasteiger partial charge is 0.380 e. The van der Waals surface area contributed by atoms with Gasteiger partial charge in [-0.2, -0.15) is 0 Å². The summed E-state index contributed by atoms with van der Waals surface area (Å²) >= 11 is 5.87. The molecule has 7 nitrogen and oxygen atoms in total. The third-order valence-corrected chi connectivity index (χ3v) is 3.69. The molecule has 1 fully saturated rings. The molecule has 3 N–H and O–H groups in total. The molecule has 0 aromatic carbocycles. The number of likely N-dealkylation sites (N-methyl/N-ethyl adjacent to an activating group) is 1. The summed E-state index contributed by atoms with van der Waals surface area (Å²) in [5.74, 6) is 0.403. The Kier molecular flexibility index (Phi) is 4.61. The Hall–Kier alpha value is -1.60. The molecular weight excluding hydrogens is 280 g/mol. The van der Waals surface area contributed by atoms with Crippen LogP contribution in [0.25, 0.3) is 0 Å². The van der Waals surface area contributed by atoms with Crippen molar-refractivity contribution in [3.8, 4) is 0 Å². The summed E-state index contributed by atoms with van der Waals surface area (Å²) in [7, 11) is 1.65. The Morgan fingerprint density at radius 3 is 2.95 bits per heavy atom. The first-order valence-corrected chi connectivity index (χ1v) is 6.87. The fraction of sp³-hybridized carbons (Fsp3) is 0.583. The first kappa shape index (κ1) is 14.8. The number of nitrogens with two attached hydrogens (primary N) is 1. The Bertz CT molecular complexity index is 497. The van der Waals surface area contributed by atoms with Crippen LogP contribution in [-0.2, 0) is 4.79 Å². The topological polar surface area (TPSA) is 87.4 Å². The molecule has 0 radical (unpaired) electrons. The van der Waals surface area contributed by atoms with Crippen molar-refractivity contribution in [2.75, 3.05) is 43.9 Å². The molecule has 1 aromatic heterocycles. The summed E-state index contributed by atoms with van der Waals surface area (Å²) in [6, 6.07) is 1.97. The first-order valence-electron chi connectivity index (χ1n) is 6.49. The van der Waals surface area contributed by atoms with Crippen molar-refractivity contribution in [1.82, 2.24) is 20.4 Å². The van der Waals surface area contributed by atoms with Crippen LogP contribution >= 0.6 is 11.6 Å². The summed E-state index contributed by atoms with van der Waals surface area (Å²) in [6.07, 6.45) is 0. The predicted molar refractivity (Wildman–Crippen MR) is 78.8 cm³/mol. The second kappa shape index (κ2) is 6.23. The van der Waals surface area contributed by atoms with E-state index in [9.17, 15) is 4.79 Å². The number of nitrogens with zero attached hydrogens (tertiary/aromatic N) is 4. The van der Waals surface area contributed by atoms with Gasteiger partial charge in [-0.15, -0.1) is 10.2 Å². The zero-order valence-corrected chi connectivity index (χ0v) is 12.4. The standard InChI is InChI=1S/C12H19ClN6O/c1-8-6-19(4-3-18(8)7-11(20)15-2)9-5-10(13)16-17-12(9)14/h5,8H,3-4,6-7H2,1-2H3,(H2,14,17)(H,15,20). The highest BCUT2D eigenvalue weighted by Gasteiger charge is 2.26. The van der Waals surface area contributed by atoms with Crippen LogP contribution in [0.3, 0.4) is 0 Å². The summed E-state index contributed by atoms with van der Waals surface area (Å²) in [4.78, 5) is 15.7. The van der Waals surface area contributed by atoms with Crippen LogP contribution in [0.2, 0.25) is 5.15 Å². The molecule has 1 aliphatic heterocycles. The maximum Gasteiger partial charge on any atom is 0.233 e. The summed E-state index contributed by atoms with van der Waals surface area (Å²) in [5, 5.41) is 10.5. The first-order chi connectivity index (χ1) is 9.51. The molecule has 0 aliphatic carbocycles. The SMILES string of the molecule is CNC(=O)CN1CCN(c2cc(Cl)nnc2N)CC1C.